The Morgan fingerprint density at radius 2 is 2.16 bits per heavy atom. The second-order valence-electron chi connectivity index (χ2n) is 4.04. The number of rotatable bonds is 4. The predicted octanol–water partition coefficient (Wildman–Crippen LogP) is 1.04. The molecule has 0 radical (unpaired) electrons. The van der Waals surface area contributed by atoms with Crippen molar-refractivity contribution in [1.29, 1.82) is 0 Å². The molecule has 0 fully saturated rings. The van der Waals surface area contributed by atoms with Crippen molar-refractivity contribution in [2.45, 2.75) is 6.42 Å². The summed E-state index contributed by atoms with van der Waals surface area (Å²) in [5.41, 5.74) is -0.663. The molecule has 1 aromatic carbocycles. The van der Waals surface area contributed by atoms with Gasteiger partial charge in [-0.1, -0.05) is 18.2 Å². The van der Waals surface area contributed by atoms with Crippen LogP contribution in [0.2, 0.25) is 0 Å². The maximum Gasteiger partial charge on any atom is 0.262 e. The van der Waals surface area contributed by atoms with E-state index in [0.717, 1.165) is 0 Å². The molecular weight excluding hydrogens is 249 g/mol. The molecule has 1 aromatic heterocycles. The second-order valence-corrected chi connectivity index (χ2v) is 4.04. The largest absolute Gasteiger partial charge is 0.493 e. The summed E-state index contributed by atoms with van der Waals surface area (Å²) in [6, 6.07) is 5.75. The van der Waals surface area contributed by atoms with Crippen LogP contribution in [-0.2, 0) is 6.42 Å². The number of H-pyrrole nitrogens is 1. The van der Waals surface area contributed by atoms with Crippen molar-refractivity contribution in [3.05, 3.63) is 46.3 Å². The highest BCUT2D eigenvalue weighted by molar-refractivity contribution is 5.67. The van der Waals surface area contributed by atoms with E-state index < -0.39 is 17.3 Å². The number of aromatic hydroxyl groups is 1. The lowest BCUT2D eigenvalue weighted by Gasteiger charge is -2.06. The number of nitrogens with one attached hydrogen (secondary N) is 2. The molecule has 19 heavy (non-hydrogen) atoms. The Labute approximate surface area is 109 Å². The molecule has 0 atom stereocenters. The summed E-state index contributed by atoms with van der Waals surface area (Å²) >= 11 is 0. The van der Waals surface area contributed by atoms with Gasteiger partial charge in [0.1, 0.15) is 17.2 Å². The van der Waals surface area contributed by atoms with Gasteiger partial charge < -0.3 is 15.4 Å². The Morgan fingerprint density at radius 3 is 2.79 bits per heavy atom. The summed E-state index contributed by atoms with van der Waals surface area (Å²) in [5.74, 6) is -0.676. The van der Waals surface area contributed by atoms with E-state index in [0.29, 0.717) is 18.8 Å². The Morgan fingerprint density at radius 1 is 1.42 bits per heavy atom. The molecule has 0 spiro atoms. The number of nitrogens with zero attached hydrogens (tertiary/aromatic N) is 1. The van der Waals surface area contributed by atoms with E-state index in [2.05, 4.69) is 15.3 Å². The van der Waals surface area contributed by atoms with E-state index in [1.165, 1.54) is 18.2 Å². The van der Waals surface area contributed by atoms with Crippen molar-refractivity contribution in [2.75, 3.05) is 13.6 Å². The van der Waals surface area contributed by atoms with Crippen molar-refractivity contribution in [3.63, 3.8) is 0 Å². The summed E-state index contributed by atoms with van der Waals surface area (Å²) in [6.45, 7) is 0.613. The van der Waals surface area contributed by atoms with Crippen LogP contribution in [0.4, 0.5) is 4.39 Å². The lowest BCUT2D eigenvalue weighted by molar-refractivity contribution is 0.449. The number of likely N-dealkylation sites (N-methyl/N-ethyl adjacent to an activating group) is 1. The molecule has 2 aromatic rings. The van der Waals surface area contributed by atoms with Gasteiger partial charge in [-0.05, 0) is 13.1 Å². The second kappa shape index (κ2) is 5.62. The minimum atomic E-state index is -0.576. The molecular formula is C13H14FN3O2. The van der Waals surface area contributed by atoms with Crippen molar-refractivity contribution in [2.24, 2.45) is 0 Å². The van der Waals surface area contributed by atoms with Crippen LogP contribution in [0.25, 0.3) is 11.1 Å². The van der Waals surface area contributed by atoms with Gasteiger partial charge in [-0.2, -0.15) is 4.98 Å². The third-order valence-corrected chi connectivity index (χ3v) is 2.70. The minimum Gasteiger partial charge on any atom is -0.493 e. The van der Waals surface area contributed by atoms with Crippen molar-refractivity contribution < 1.29 is 9.50 Å². The summed E-state index contributed by atoms with van der Waals surface area (Å²) in [7, 11) is 1.77. The van der Waals surface area contributed by atoms with Gasteiger partial charge in [-0.3, -0.25) is 4.79 Å². The average Bonchev–Trinajstić information content (AvgIpc) is 2.38. The fourth-order valence-corrected chi connectivity index (χ4v) is 1.78. The third-order valence-electron chi connectivity index (χ3n) is 2.70. The van der Waals surface area contributed by atoms with Gasteiger partial charge >= 0.3 is 0 Å². The first-order chi connectivity index (χ1) is 9.13. The van der Waals surface area contributed by atoms with E-state index >= 15 is 0 Å². The lowest BCUT2D eigenvalue weighted by Crippen LogP contribution is -2.18. The number of hydrogen-bond acceptors (Lipinski definition) is 4. The highest BCUT2D eigenvalue weighted by Crippen LogP contribution is 2.25. The first kappa shape index (κ1) is 13.2. The molecule has 0 unspecified atom stereocenters. The fourth-order valence-electron chi connectivity index (χ4n) is 1.78. The zero-order chi connectivity index (χ0) is 13.8. The molecule has 6 heteroatoms. The standard InChI is InChI=1S/C13H14FN3O2/c1-15-7-6-10-16-12(18)11(13(19)17-10)8-4-2-3-5-9(8)14/h2-5,15H,6-7H2,1H3,(H2,16,17,18,19). The van der Waals surface area contributed by atoms with Gasteiger partial charge in [0, 0.05) is 18.5 Å². The third kappa shape index (κ3) is 2.79. The van der Waals surface area contributed by atoms with Gasteiger partial charge in [0.05, 0.1) is 0 Å². The SMILES string of the molecule is CNCCc1nc(O)c(-c2ccccc2F)c(=O)[nH]1. The first-order valence-electron chi connectivity index (χ1n) is 5.85. The van der Waals surface area contributed by atoms with Crippen LogP contribution in [0, 0.1) is 5.82 Å². The molecule has 0 aliphatic carbocycles. The normalized spacial score (nSPS) is 10.6. The molecule has 0 saturated carbocycles. The topological polar surface area (TPSA) is 78.0 Å². The molecule has 0 saturated heterocycles. The molecule has 0 bridgehead atoms. The van der Waals surface area contributed by atoms with E-state index in [1.807, 2.05) is 0 Å². The Kier molecular flexibility index (Phi) is 3.91. The number of aromatic nitrogens is 2. The summed E-state index contributed by atoms with van der Waals surface area (Å²) < 4.78 is 13.6. The van der Waals surface area contributed by atoms with Crippen molar-refractivity contribution >= 4 is 0 Å². The zero-order valence-corrected chi connectivity index (χ0v) is 10.4. The zero-order valence-electron chi connectivity index (χ0n) is 10.4. The molecule has 5 nitrogen and oxygen atoms in total. The predicted molar refractivity (Wildman–Crippen MR) is 69.5 cm³/mol. The van der Waals surface area contributed by atoms with Gasteiger partial charge in [-0.25, -0.2) is 4.39 Å². The van der Waals surface area contributed by atoms with E-state index in [-0.39, 0.29) is 11.1 Å². The number of hydrogen-bond donors (Lipinski definition) is 3. The summed E-state index contributed by atoms with van der Waals surface area (Å²) in [5, 5.41) is 12.7. The maximum atomic E-state index is 13.6. The van der Waals surface area contributed by atoms with Gasteiger partial charge in [-0.15, -0.1) is 0 Å². The van der Waals surface area contributed by atoms with Crippen LogP contribution in [0.3, 0.4) is 0 Å². The van der Waals surface area contributed by atoms with Crippen LogP contribution < -0.4 is 10.9 Å². The lowest BCUT2D eigenvalue weighted by atomic mass is 10.1. The molecule has 3 N–H and O–H groups in total. The highest BCUT2D eigenvalue weighted by atomic mass is 19.1. The minimum absolute atomic E-state index is 0.0360. The first-order valence-corrected chi connectivity index (χ1v) is 5.85. The number of halogens is 1. The Balaban J connectivity index is 2.49. The molecule has 100 valence electrons. The Bertz CT molecular complexity index is 640. The van der Waals surface area contributed by atoms with Gasteiger partial charge in [0.2, 0.25) is 5.88 Å². The summed E-state index contributed by atoms with van der Waals surface area (Å²) in [6.07, 6.45) is 0.469. The fraction of sp³-hybridized carbons (Fsp3) is 0.231. The van der Waals surface area contributed by atoms with Gasteiger partial charge in [0.25, 0.3) is 5.56 Å². The van der Waals surface area contributed by atoms with E-state index in [1.54, 1.807) is 13.1 Å². The summed E-state index contributed by atoms with van der Waals surface area (Å²) in [4.78, 5) is 18.4. The Hall–Kier alpha value is -2.21. The maximum absolute atomic E-state index is 13.6. The van der Waals surface area contributed by atoms with Gasteiger partial charge in [0.15, 0.2) is 0 Å². The number of benzene rings is 1. The van der Waals surface area contributed by atoms with Crippen LogP contribution in [-0.4, -0.2) is 28.7 Å². The number of aromatic amines is 1. The molecule has 0 aliphatic heterocycles. The molecule has 1 heterocycles. The smallest absolute Gasteiger partial charge is 0.262 e. The monoisotopic (exact) mass is 263 g/mol. The quantitative estimate of drug-likeness (QED) is 0.770. The van der Waals surface area contributed by atoms with E-state index in [4.69, 9.17) is 0 Å². The molecule has 2 rings (SSSR count). The van der Waals surface area contributed by atoms with E-state index in [9.17, 15) is 14.3 Å². The van der Waals surface area contributed by atoms with Crippen LogP contribution >= 0.6 is 0 Å². The van der Waals surface area contributed by atoms with Crippen molar-refractivity contribution in [3.8, 4) is 17.0 Å². The van der Waals surface area contributed by atoms with Crippen LogP contribution in [0.15, 0.2) is 29.1 Å². The molecule has 0 amide bonds. The highest BCUT2D eigenvalue weighted by Gasteiger charge is 2.15. The van der Waals surface area contributed by atoms with Crippen LogP contribution in [0.1, 0.15) is 5.82 Å². The molecule has 0 aliphatic rings. The van der Waals surface area contributed by atoms with Crippen molar-refractivity contribution in [1.82, 2.24) is 15.3 Å². The average molecular weight is 263 g/mol. The van der Waals surface area contributed by atoms with Crippen LogP contribution in [0.5, 0.6) is 5.88 Å².